The maximum atomic E-state index is 13.5. The molecule has 1 atom stereocenters. The fourth-order valence-corrected chi connectivity index (χ4v) is 4.08. The van der Waals surface area contributed by atoms with Crippen LogP contribution >= 0.6 is 0 Å². The van der Waals surface area contributed by atoms with Crippen LogP contribution in [0.2, 0.25) is 0 Å². The van der Waals surface area contributed by atoms with E-state index in [-0.39, 0.29) is 18.2 Å². The van der Waals surface area contributed by atoms with E-state index < -0.39 is 11.9 Å². The van der Waals surface area contributed by atoms with Crippen molar-refractivity contribution < 1.29 is 14.0 Å². The van der Waals surface area contributed by atoms with Gasteiger partial charge in [-0.1, -0.05) is 48.0 Å². The monoisotopic (exact) mass is 428 g/mol. The van der Waals surface area contributed by atoms with E-state index in [1.54, 1.807) is 11.0 Å². The number of rotatable bonds is 5. The van der Waals surface area contributed by atoms with Crippen molar-refractivity contribution in [1.29, 1.82) is 0 Å². The van der Waals surface area contributed by atoms with E-state index in [0.717, 1.165) is 22.2 Å². The van der Waals surface area contributed by atoms with Gasteiger partial charge in [0.05, 0.1) is 24.0 Å². The molecule has 6 nitrogen and oxygen atoms in total. The van der Waals surface area contributed by atoms with E-state index in [1.807, 2.05) is 60.0 Å². The zero-order valence-corrected chi connectivity index (χ0v) is 17.5. The van der Waals surface area contributed by atoms with E-state index in [2.05, 4.69) is 10.3 Å². The van der Waals surface area contributed by atoms with Gasteiger partial charge in [0.1, 0.15) is 11.9 Å². The molecule has 2 heterocycles. The van der Waals surface area contributed by atoms with Crippen LogP contribution in [0.3, 0.4) is 0 Å². The Morgan fingerprint density at radius 2 is 1.84 bits per heavy atom. The van der Waals surface area contributed by atoms with Crippen LogP contribution in [-0.4, -0.2) is 21.4 Å². The third-order valence-electron chi connectivity index (χ3n) is 5.63. The molecule has 0 bridgehead atoms. The highest BCUT2D eigenvalue weighted by atomic mass is 19.1. The topological polar surface area (TPSA) is 67.2 Å². The van der Waals surface area contributed by atoms with Gasteiger partial charge in [-0.25, -0.2) is 9.37 Å². The lowest BCUT2D eigenvalue weighted by Gasteiger charge is -2.16. The fraction of sp³-hybridized carbons (Fsp3) is 0.160. The van der Waals surface area contributed by atoms with Crippen molar-refractivity contribution in [3.05, 3.63) is 89.7 Å². The highest BCUT2D eigenvalue weighted by Crippen LogP contribution is 2.37. The molecule has 1 aromatic heterocycles. The van der Waals surface area contributed by atoms with Gasteiger partial charge in [-0.05, 0) is 42.8 Å². The SMILES string of the molecule is Cc1ccc(CN2C(=O)[C@@H](CC(=O)Nc3cccc(F)c3)n3c2nc2ccccc23)cc1. The summed E-state index contributed by atoms with van der Waals surface area (Å²) in [5, 5.41) is 2.69. The number of nitrogens with one attached hydrogen (secondary N) is 1. The number of hydrogen-bond donors (Lipinski definition) is 1. The van der Waals surface area contributed by atoms with Crippen molar-refractivity contribution in [2.45, 2.75) is 25.9 Å². The van der Waals surface area contributed by atoms with Crippen LogP contribution in [0.15, 0.2) is 72.8 Å². The van der Waals surface area contributed by atoms with Crippen LogP contribution in [0.25, 0.3) is 11.0 Å². The molecule has 1 aliphatic heterocycles. The molecule has 1 aliphatic rings. The number of fused-ring (bicyclic) bond motifs is 3. The second kappa shape index (κ2) is 7.92. The number of nitrogens with zero attached hydrogens (tertiary/aromatic N) is 3. The first-order valence-corrected chi connectivity index (χ1v) is 10.4. The highest BCUT2D eigenvalue weighted by molar-refractivity contribution is 6.05. The molecule has 7 heteroatoms. The molecule has 4 aromatic rings. The Kier molecular flexibility index (Phi) is 4.93. The summed E-state index contributed by atoms with van der Waals surface area (Å²) in [4.78, 5) is 32.5. The average Bonchev–Trinajstić information content (AvgIpc) is 3.26. The van der Waals surface area contributed by atoms with Crippen molar-refractivity contribution in [1.82, 2.24) is 9.55 Å². The van der Waals surface area contributed by atoms with Crippen molar-refractivity contribution in [3.63, 3.8) is 0 Å². The standard InChI is InChI=1S/C25H21FN4O2/c1-16-9-11-17(12-10-16)15-29-24(32)22(14-23(31)27-19-6-4-5-18(26)13-19)30-21-8-3-2-7-20(21)28-25(29)30/h2-13,22H,14-15H2,1H3,(H,27,31)/t22-/m1/s1. The normalized spacial score (nSPS) is 15.2. The smallest absolute Gasteiger partial charge is 0.253 e. The lowest BCUT2D eigenvalue weighted by atomic mass is 10.1. The Bertz CT molecular complexity index is 1330. The number of hydrogen-bond acceptors (Lipinski definition) is 3. The summed E-state index contributed by atoms with van der Waals surface area (Å²) in [6.45, 7) is 2.38. The molecule has 0 saturated carbocycles. The van der Waals surface area contributed by atoms with Crippen LogP contribution in [0, 0.1) is 12.7 Å². The minimum absolute atomic E-state index is 0.0763. The minimum Gasteiger partial charge on any atom is -0.326 e. The predicted molar refractivity (Wildman–Crippen MR) is 121 cm³/mol. The molecular weight excluding hydrogens is 407 g/mol. The molecule has 5 rings (SSSR count). The molecule has 32 heavy (non-hydrogen) atoms. The van der Waals surface area contributed by atoms with Gasteiger partial charge in [0.2, 0.25) is 11.9 Å². The van der Waals surface area contributed by atoms with Crippen LogP contribution in [-0.2, 0) is 16.1 Å². The van der Waals surface area contributed by atoms with Crippen LogP contribution in [0.4, 0.5) is 16.0 Å². The number of aryl methyl sites for hydroxylation is 1. The van der Waals surface area contributed by atoms with Gasteiger partial charge in [0.25, 0.3) is 5.91 Å². The largest absolute Gasteiger partial charge is 0.326 e. The summed E-state index contributed by atoms with van der Waals surface area (Å²) >= 11 is 0. The number of benzene rings is 3. The van der Waals surface area contributed by atoms with Crippen LogP contribution < -0.4 is 10.2 Å². The predicted octanol–water partition coefficient (Wildman–Crippen LogP) is 4.60. The van der Waals surface area contributed by atoms with E-state index in [4.69, 9.17) is 0 Å². The Balaban J connectivity index is 1.47. The van der Waals surface area contributed by atoms with E-state index in [1.165, 1.54) is 18.2 Å². The number of halogens is 1. The summed E-state index contributed by atoms with van der Waals surface area (Å²) in [7, 11) is 0. The first kappa shape index (κ1) is 19.9. The van der Waals surface area contributed by atoms with E-state index >= 15 is 0 Å². The second-order valence-electron chi connectivity index (χ2n) is 7.96. The zero-order chi connectivity index (χ0) is 22.2. The lowest BCUT2D eigenvalue weighted by molar-refractivity contribution is -0.124. The minimum atomic E-state index is -0.726. The van der Waals surface area contributed by atoms with Gasteiger partial charge in [-0.2, -0.15) is 0 Å². The molecule has 3 aromatic carbocycles. The molecule has 1 N–H and O–H groups in total. The molecule has 0 saturated heterocycles. The fourth-order valence-electron chi connectivity index (χ4n) is 4.08. The molecule has 0 spiro atoms. The third kappa shape index (κ3) is 3.62. The van der Waals surface area contributed by atoms with Crippen molar-refractivity contribution in [2.24, 2.45) is 0 Å². The van der Waals surface area contributed by atoms with E-state index in [9.17, 15) is 14.0 Å². The molecular formula is C25H21FN4O2. The number of imidazole rings is 1. The maximum Gasteiger partial charge on any atom is 0.253 e. The highest BCUT2D eigenvalue weighted by Gasteiger charge is 2.40. The molecule has 0 fully saturated rings. The van der Waals surface area contributed by atoms with Gasteiger partial charge >= 0.3 is 0 Å². The lowest BCUT2D eigenvalue weighted by Crippen LogP contribution is -2.31. The Morgan fingerprint density at radius 1 is 1.06 bits per heavy atom. The molecule has 2 amide bonds. The van der Waals surface area contributed by atoms with Gasteiger partial charge in [0, 0.05) is 5.69 Å². The number of carbonyl (C=O) groups is 2. The summed E-state index contributed by atoms with van der Waals surface area (Å²) in [6.07, 6.45) is -0.0763. The van der Waals surface area contributed by atoms with Crippen LogP contribution in [0.5, 0.6) is 0 Å². The summed E-state index contributed by atoms with van der Waals surface area (Å²) in [5.74, 6) is -0.463. The van der Waals surface area contributed by atoms with Crippen molar-refractivity contribution >= 4 is 34.5 Å². The molecule has 0 unspecified atom stereocenters. The van der Waals surface area contributed by atoms with Crippen molar-refractivity contribution in [2.75, 3.05) is 10.2 Å². The zero-order valence-electron chi connectivity index (χ0n) is 17.5. The molecule has 160 valence electrons. The Hall–Kier alpha value is -4.00. The number of anilines is 2. The number of amides is 2. The Morgan fingerprint density at radius 3 is 2.62 bits per heavy atom. The molecule has 0 aliphatic carbocycles. The van der Waals surface area contributed by atoms with Gasteiger partial charge in [-0.15, -0.1) is 0 Å². The van der Waals surface area contributed by atoms with Crippen molar-refractivity contribution in [3.8, 4) is 0 Å². The number of carbonyl (C=O) groups excluding carboxylic acids is 2. The number of para-hydroxylation sites is 2. The third-order valence-corrected chi connectivity index (χ3v) is 5.63. The van der Waals surface area contributed by atoms with Crippen LogP contribution in [0.1, 0.15) is 23.6 Å². The van der Waals surface area contributed by atoms with Gasteiger partial charge in [0.15, 0.2) is 0 Å². The number of aromatic nitrogens is 2. The first-order valence-electron chi connectivity index (χ1n) is 10.4. The summed E-state index contributed by atoms with van der Waals surface area (Å²) in [5.41, 5.74) is 4.03. The summed E-state index contributed by atoms with van der Waals surface area (Å²) in [6, 6.07) is 20.5. The summed E-state index contributed by atoms with van der Waals surface area (Å²) < 4.78 is 15.3. The molecule has 0 radical (unpaired) electrons. The van der Waals surface area contributed by atoms with Gasteiger partial charge < -0.3 is 5.32 Å². The van der Waals surface area contributed by atoms with Gasteiger partial charge in [-0.3, -0.25) is 19.1 Å². The second-order valence-corrected chi connectivity index (χ2v) is 7.96. The maximum absolute atomic E-state index is 13.5. The first-order chi connectivity index (χ1) is 15.5. The Labute approximate surface area is 184 Å². The van der Waals surface area contributed by atoms with E-state index in [0.29, 0.717) is 18.2 Å². The average molecular weight is 428 g/mol. The quantitative estimate of drug-likeness (QED) is 0.505.